The van der Waals surface area contributed by atoms with E-state index in [0.717, 1.165) is 4.68 Å². The zero-order valence-corrected chi connectivity index (χ0v) is 10.9. The predicted octanol–water partition coefficient (Wildman–Crippen LogP) is 3.86. The van der Waals surface area contributed by atoms with Crippen LogP contribution in [0.15, 0.2) is 0 Å². The van der Waals surface area contributed by atoms with Gasteiger partial charge in [-0.25, -0.2) is 4.68 Å². The van der Waals surface area contributed by atoms with Crippen LogP contribution in [0.5, 0.6) is 0 Å². The van der Waals surface area contributed by atoms with Gasteiger partial charge < -0.3 is 0 Å². The minimum Gasteiger partial charge on any atom is -0.246 e. The molecule has 0 amide bonds. The number of alkyl halides is 5. The molecule has 3 nitrogen and oxygen atoms in total. The number of aromatic nitrogens is 3. The Kier molecular flexibility index (Phi) is 4.52. The lowest BCUT2D eigenvalue weighted by molar-refractivity contribution is -0.291. The zero-order chi connectivity index (χ0) is 14.8. The summed E-state index contributed by atoms with van der Waals surface area (Å²) in [6, 6.07) is -0.322. The molecule has 0 bridgehead atoms. The molecule has 0 atom stereocenters. The molecule has 1 aromatic heterocycles. The molecule has 0 N–H and O–H groups in total. The van der Waals surface area contributed by atoms with Crippen molar-refractivity contribution in [3.8, 4) is 0 Å². The van der Waals surface area contributed by atoms with Crippen LogP contribution < -0.4 is 0 Å². The zero-order valence-electron chi connectivity index (χ0n) is 10.9. The number of hydrogen-bond acceptors (Lipinski definition) is 2. The Labute approximate surface area is 107 Å². The summed E-state index contributed by atoms with van der Waals surface area (Å²) in [5.74, 6) is -4.97. The molecule has 19 heavy (non-hydrogen) atoms. The molecule has 0 unspecified atom stereocenters. The Morgan fingerprint density at radius 3 is 2.16 bits per heavy atom. The number of unbranched alkanes of at least 4 members (excludes halogenated alkanes) is 1. The van der Waals surface area contributed by atoms with Gasteiger partial charge >= 0.3 is 12.1 Å². The maximum absolute atomic E-state index is 13.4. The van der Waals surface area contributed by atoms with Crippen LogP contribution in [0.25, 0.3) is 0 Å². The Morgan fingerprint density at radius 2 is 1.74 bits per heavy atom. The van der Waals surface area contributed by atoms with Crippen molar-refractivity contribution in [3.63, 3.8) is 0 Å². The van der Waals surface area contributed by atoms with Gasteiger partial charge in [-0.1, -0.05) is 18.6 Å². The van der Waals surface area contributed by atoms with Crippen molar-refractivity contribution in [3.05, 3.63) is 11.4 Å². The quantitative estimate of drug-likeness (QED) is 0.769. The third-order valence-electron chi connectivity index (χ3n) is 2.70. The van der Waals surface area contributed by atoms with E-state index in [-0.39, 0.29) is 18.2 Å². The number of nitrogens with zero attached hydrogens (tertiary/aromatic N) is 3. The van der Waals surface area contributed by atoms with Crippen molar-refractivity contribution in [2.24, 2.45) is 0 Å². The summed E-state index contributed by atoms with van der Waals surface area (Å²) in [6.07, 6.45) is -4.38. The monoisotopic (exact) mass is 285 g/mol. The van der Waals surface area contributed by atoms with Gasteiger partial charge in [-0.2, -0.15) is 22.0 Å². The highest BCUT2D eigenvalue weighted by atomic mass is 19.4. The SMILES string of the molecule is CCCCc1c(C(F)(F)C(F)(F)F)nnn1C(C)C. The van der Waals surface area contributed by atoms with E-state index in [1.54, 1.807) is 13.8 Å². The van der Waals surface area contributed by atoms with Gasteiger partial charge in [0.2, 0.25) is 0 Å². The first-order valence-corrected chi connectivity index (χ1v) is 6.02. The third kappa shape index (κ3) is 3.03. The molecule has 0 aromatic carbocycles. The van der Waals surface area contributed by atoms with E-state index in [4.69, 9.17) is 0 Å². The van der Waals surface area contributed by atoms with Crippen molar-refractivity contribution in [2.75, 3.05) is 0 Å². The molecule has 0 fully saturated rings. The second-order valence-corrected chi connectivity index (χ2v) is 4.60. The molecule has 1 heterocycles. The molecule has 0 radical (unpaired) electrons. The molecule has 1 rings (SSSR count). The molecule has 0 saturated heterocycles. The van der Waals surface area contributed by atoms with E-state index < -0.39 is 17.8 Å². The van der Waals surface area contributed by atoms with E-state index >= 15 is 0 Å². The Balaban J connectivity index is 3.28. The van der Waals surface area contributed by atoms with Gasteiger partial charge in [0, 0.05) is 6.04 Å². The average Bonchev–Trinajstić information content (AvgIpc) is 2.68. The summed E-state index contributed by atoms with van der Waals surface area (Å²) in [5, 5.41) is 6.51. The van der Waals surface area contributed by atoms with Crippen LogP contribution in [-0.4, -0.2) is 21.2 Å². The lowest BCUT2D eigenvalue weighted by Gasteiger charge is -2.19. The first-order valence-electron chi connectivity index (χ1n) is 6.02. The topological polar surface area (TPSA) is 30.7 Å². The van der Waals surface area contributed by atoms with Crippen LogP contribution in [0.3, 0.4) is 0 Å². The molecule has 0 aliphatic heterocycles. The lowest BCUT2D eigenvalue weighted by atomic mass is 10.1. The fourth-order valence-corrected chi connectivity index (χ4v) is 1.68. The first-order chi connectivity index (χ1) is 8.63. The predicted molar refractivity (Wildman–Crippen MR) is 59.0 cm³/mol. The van der Waals surface area contributed by atoms with Crippen molar-refractivity contribution in [1.82, 2.24) is 15.0 Å². The molecular weight excluding hydrogens is 269 g/mol. The smallest absolute Gasteiger partial charge is 0.246 e. The maximum Gasteiger partial charge on any atom is 0.459 e. The Morgan fingerprint density at radius 1 is 1.16 bits per heavy atom. The fraction of sp³-hybridized carbons (Fsp3) is 0.818. The minimum atomic E-state index is -5.66. The summed E-state index contributed by atoms with van der Waals surface area (Å²) in [5.41, 5.74) is -1.42. The molecule has 0 aliphatic rings. The van der Waals surface area contributed by atoms with Crippen LogP contribution in [0.4, 0.5) is 22.0 Å². The van der Waals surface area contributed by atoms with Crippen molar-refractivity contribution < 1.29 is 22.0 Å². The summed E-state index contributed by atoms with van der Waals surface area (Å²) in [6.45, 7) is 5.13. The standard InChI is InChI=1S/C11H16F5N3/c1-4-5-6-8-9(10(12,13)11(14,15)16)17-18-19(8)7(2)3/h7H,4-6H2,1-3H3. The van der Waals surface area contributed by atoms with Crippen molar-refractivity contribution in [2.45, 2.75) is 58.2 Å². The van der Waals surface area contributed by atoms with Crippen molar-refractivity contribution in [1.29, 1.82) is 0 Å². The molecule has 0 saturated carbocycles. The van der Waals surface area contributed by atoms with Crippen LogP contribution in [0.1, 0.15) is 51.0 Å². The average molecular weight is 285 g/mol. The van der Waals surface area contributed by atoms with E-state index in [1.807, 2.05) is 6.92 Å². The number of hydrogen-bond donors (Lipinski definition) is 0. The van der Waals surface area contributed by atoms with Crippen LogP contribution in [0, 0.1) is 0 Å². The normalized spacial score (nSPS) is 13.3. The van der Waals surface area contributed by atoms with Gasteiger partial charge in [-0.15, -0.1) is 5.10 Å². The highest BCUT2D eigenvalue weighted by Crippen LogP contribution is 2.44. The van der Waals surface area contributed by atoms with Crippen LogP contribution >= 0.6 is 0 Å². The third-order valence-corrected chi connectivity index (χ3v) is 2.70. The van der Waals surface area contributed by atoms with Gasteiger partial charge in [-0.3, -0.25) is 0 Å². The highest BCUT2D eigenvalue weighted by Gasteiger charge is 2.61. The largest absolute Gasteiger partial charge is 0.459 e. The van der Waals surface area contributed by atoms with Crippen LogP contribution in [-0.2, 0) is 12.3 Å². The van der Waals surface area contributed by atoms with Gasteiger partial charge in [0.05, 0.1) is 5.69 Å². The van der Waals surface area contributed by atoms with Gasteiger partial charge in [-0.05, 0) is 26.7 Å². The molecule has 0 aliphatic carbocycles. The second-order valence-electron chi connectivity index (χ2n) is 4.60. The highest BCUT2D eigenvalue weighted by molar-refractivity contribution is 5.18. The van der Waals surface area contributed by atoms with E-state index in [9.17, 15) is 22.0 Å². The number of rotatable bonds is 5. The van der Waals surface area contributed by atoms with E-state index in [1.165, 1.54) is 0 Å². The first kappa shape index (κ1) is 15.8. The molecule has 110 valence electrons. The van der Waals surface area contributed by atoms with E-state index in [0.29, 0.717) is 12.8 Å². The van der Waals surface area contributed by atoms with Gasteiger partial charge in [0.15, 0.2) is 5.69 Å². The minimum absolute atomic E-state index is 0.0999. The summed E-state index contributed by atoms with van der Waals surface area (Å²) in [7, 11) is 0. The Hall–Kier alpha value is -1.21. The lowest BCUT2D eigenvalue weighted by Crippen LogP contribution is -2.35. The second kappa shape index (κ2) is 5.42. The van der Waals surface area contributed by atoms with Crippen molar-refractivity contribution >= 4 is 0 Å². The molecular formula is C11H16F5N3. The molecule has 8 heteroatoms. The summed E-state index contributed by atoms with van der Waals surface area (Å²) < 4.78 is 65.1. The number of halogens is 5. The molecule has 0 spiro atoms. The summed E-state index contributed by atoms with van der Waals surface area (Å²) >= 11 is 0. The summed E-state index contributed by atoms with van der Waals surface area (Å²) in [4.78, 5) is 0. The maximum atomic E-state index is 13.4. The fourth-order valence-electron chi connectivity index (χ4n) is 1.68. The molecule has 1 aromatic rings. The van der Waals surface area contributed by atoms with E-state index in [2.05, 4.69) is 10.3 Å². The van der Waals surface area contributed by atoms with Gasteiger partial charge in [0.25, 0.3) is 0 Å². The van der Waals surface area contributed by atoms with Crippen LogP contribution in [0.2, 0.25) is 0 Å². The van der Waals surface area contributed by atoms with Gasteiger partial charge in [0.1, 0.15) is 0 Å². The Bertz CT molecular complexity index is 422.